The largest absolute Gasteiger partial charge is 0.363 e. The maximum atomic E-state index is 14.2. The van der Waals surface area contributed by atoms with Crippen LogP contribution in [0.15, 0.2) is 30.3 Å². The molecule has 2 fully saturated rings. The second-order valence-corrected chi connectivity index (χ2v) is 10.9. The van der Waals surface area contributed by atoms with Crippen LogP contribution in [0.4, 0.5) is 10.2 Å². The zero-order valence-corrected chi connectivity index (χ0v) is 21.3. The molecule has 2 aliphatic rings. The smallest absolute Gasteiger partial charge is 0.229 e. The predicted octanol–water partition coefficient (Wildman–Crippen LogP) is 3.82. The topological polar surface area (TPSA) is 52.6 Å². The van der Waals surface area contributed by atoms with Gasteiger partial charge in [-0.05, 0) is 76.9 Å². The van der Waals surface area contributed by atoms with Gasteiger partial charge in [0.25, 0.3) is 0 Å². The maximum absolute atomic E-state index is 14.2. The van der Waals surface area contributed by atoms with E-state index < -0.39 is 5.41 Å². The molecule has 1 amide bonds. The van der Waals surface area contributed by atoms with E-state index in [1.165, 1.54) is 12.1 Å². The number of halogens is 1. The summed E-state index contributed by atoms with van der Waals surface area (Å²) >= 11 is 0. The zero-order chi connectivity index (χ0) is 24.5. The third kappa shape index (κ3) is 5.09. The maximum Gasteiger partial charge on any atom is 0.229 e. The Morgan fingerprint density at radius 1 is 1.09 bits per heavy atom. The van der Waals surface area contributed by atoms with Crippen molar-refractivity contribution in [2.24, 2.45) is 5.41 Å². The van der Waals surface area contributed by atoms with E-state index in [0.29, 0.717) is 13.0 Å². The lowest BCUT2D eigenvalue weighted by atomic mass is 9.71. The molecule has 184 valence electrons. The molecule has 1 aromatic heterocycles. The van der Waals surface area contributed by atoms with Crippen LogP contribution >= 0.6 is 0 Å². The van der Waals surface area contributed by atoms with Crippen molar-refractivity contribution >= 4 is 11.7 Å². The Hall–Kier alpha value is -2.54. The summed E-state index contributed by atoms with van der Waals surface area (Å²) in [6, 6.07) is 8.64. The first-order valence-electron chi connectivity index (χ1n) is 12.4. The average Bonchev–Trinajstić information content (AvgIpc) is 2.81. The van der Waals surface area contributed by atoms with E-state index in [1.807, 2.05) is 44.1 Å². The highest BCUT2D eigenvalue weighted by molar-refractivity contribution is 5.83. The number of anilines is 1. The van der Waals surface area contributed by atoms with Gasteiger partial charge in [-0.3, -0.25) is 4.79 Å². The molecule has 2 aromatic rings. The summed E-state index contributed by atoms with van der Waals surface area (Å²) in [6.45, 7) is 7.38. The number of aromatic nitrogens is 2. The van der Waals surface area contributed by atoms with Crippen LogP contribution in [-0.4, -0.2) is 73.0 Å². The van der Waals surface area contributed by atoms with Gasteiger partial charge in [0.05, 0.1) is 5.41 Å². The molecular weight excluding hydrogens is 429 g/mol. The summed E-state index contributed by atoms with van der Waals surface area (Å²) < 4.78 is 13.5. The van der Waals surface area contributed by atoms with Crippen molar-refractivity contribution in [3.05, 3.63) is 53.2 Å². The van der Waals surface area contributed by atoms with Crippen LogP contribution in [0.3, 0.4) is 0 Å². The number of piperidine rings is 2. The van der Waals surface area contributed by atoms with Gasteiger partial charge in [0.1, 0.15) is 17.5 Å². The molecule has 1 atom stereocenters. The number of hydrogen-bond acceptors (Lipinski definition) is 5. The van der Waals surface area contributed by atoms with Gasteiger partial charge in [0.2, 0.25) is 5.91 Å². The van der Waals surface area contributed by atoms with Gasteiger partial charge in [0, 0.05) is 44.4 Å². The molecule has 1 unspecified atom stereocenters. The third-order valence-corrected chi connectivity index (χ3v) is 7.68. The Morgan fingerprint density at radius 3 is 2.41 bits per heavy atom. The highest BCUT2D eigenvalue weighted by atomic mass is 19.1. The number of rotatable bonds is 5. The number of likely N-dealkylation sites (tertiary alicyclic amines) is 2. The van der Waals surface area contributed by atoms with Crippen molar-refractivity contribution in [1.82, 2.24) is 19.8 Å². The third-order valence-electron chi connectivity index (χ3n) is 7.68. The molecule has 2 aliphatic heterocycles. The molecule has 0 N–H and O–H groups in total. The molecular formula is C27H38FN5O. The van der Waals surface area contributed by atoms with Crippen LogP contribution < -0.4 is 4.90 Å². The van der Waals surface area contributed by atoms with Gasteiger partial charge in [-0.25, -0.2) is 14.4 Å². The molecule has 34 heavy (non-hydrogen) atoms. The summed E-state index contributed by atoms with van der Waals surface area (Å²) in [5.74, 6) is 1.71. The average molecular weight is 468 g/mol. The first kappa shape index (κ1) is 24.6. The highest BCUT2D eigenvalue weighted by Gasteiger charge is 2.46. The molecule has 0 radical (unpaired) electrons. The van der Waals surface area contributed by atoms with Crippen LogP contribution in [0.1, 0.15) is 49.7 Å². The second kappa shape index (κ2) is 9.61. The molecule has 1 aromatic carbocycles. The van der Waals surface area contributed by atoms with Gasteiger partial charge >= 0.3 is 0 Å². The first-order chi connectivity index (χ1) is 16.1. The molecule has 4 rings (SSSR count). The van der Waals surface area contributed by atoms with E-state index >= 15 is 0 Å². The lowest BCUT2D eigenvalue weighted by Crippen LogP contribution is -2.55. The summed E-state index contributed by atoms with van der Waals surface area (Å²) in [7, 11) is 6.09. The highest BCUT2D eigenvalue weighted by Crippen LogP contribution is 2.40. The molecule has 0 saturated carbocycles. The SMILES string of the molecule is Cc1cc(N(C)C)nc(C2(C)CCCN(C(=O)C3(Cc4ccc(F)cc4)CCN(C)CC3)C2)n1. The molecule has 3 heterocycles. The standard InChI is InChI=1S/C27H38FN5O/c1-20-17-23(31(3)4)30-24(29-20)26(2)11-6-14-33(19-26)25(34)27(12-15-32(5)16-13-27)18-21-7-9-22(28)10-8-21/h7-10,17H,6,11-16,18-19H2,1-5H3. The van der Waals surface area contributed by atoms with Gasteiger partial charge < -0.3 is 14.7 Å². The van der Waals surface area contributed by atoms with Crippen molar-refractivity contribution in [1.29, 1.82) is 0 Å². The van der Waals surface area contributed by atoms with Gasteiger partial charge in [0.15, 0.2) is 0 Å². The molecule has 2 saturated heterocycles. The summed E-state index contributed by atoms with van der Waals surface area (Å²) in [5.41, 5.74) is 1.23. The van der Waals surface area contributed by atoms with Crippen molar-refractivity contribution < 1.29 is 9.18 Å². The number of benzene rings is 1. The Balaban J connectivity index is 1.61. The molecule has 7 heteroatoms. The van der Waals surface area contributed by atoms with E-state index in [1.54, 1.807) is 0 Å². The van der Waals surface area contributed by atoms with Gasteiger partial charge in [-0.15, -0.1) is 0 Å². The minimum atomic E-state index is -0.454. The Bertz CT molecular complexity index is 1020. The van der Waals surface area contributed by atoms with Crippen molar-refractivity contribution in [2.75, 3.05) is 52.2 Å². The number of carbonyl (C=O) groups is 1. The fourth-order valence-corrected chi connectivity index (χ4v) is 5.49. The van der Waals surface area contributed by atoms with Crippen LogP contribution in [-0.2, 0) is 16.6 Å². The number of amides is 1. The summed E-state index contributed by atoms with van der Waals surface area (Å²) in [5, 5.41) is 0. The number of hydrogen-bond donors (Lipinski definition) is 0. The fourth-order valence-electron chi connectivity index (χ4n) is 5.49. The van der Waals surface area contributed by atoms with Crippen LogP contribution in [0.5, 0.6) is 0 Å². The van der Waals surface area contributed by atoms with Gasteiger partial charge in [-0.1, -0.05) is 19.1 Å². The van der Waals surface area contributed by atoms with E-state index in [2.05, 4.69) is 23.8 Å². The normalized spacial score (nSPS) is 23.1. The second-order valence-electron chi connectivity index (χ2n) is 10.9. The van der Waals surface area contributed by atoms with E-state index in [0.717, 1.165) is 68.2 Å². The lowest BCUT2D eigenvalue weighted by molar-refractivity contribution is -0.147. The predicted molar refractivity (Wildman–Crippen MR) is 134 cm³/mol. The van der Waals surface area contributed by atoms with E-state index in [-0.39, 0.29) is 17.1 Å². The minimum absolute atomic E-state index is 0.233. The Kier molecular flexibility index (Phi) is 6.94. The number of aryl methyl sites for hydroxylation is 1. The monoisotopic (exact) mass is 467 g/mol. The quantitative estimate of drug-likeness (QED) is 0.669. The summed E-state index contributed by atoms with van der Waals surface area (Å²) in [4.78, 5) is 30.2. The molecule has 0 bridgehead atoms. The Labute approximate surface area is 203 Å². The van der Waals surface area contributed by atoms with Crippen LogP contribution in [0.25, 0.3) is 0 Å². The zero-order valence-electron chi connectivity index (χ0n) is 21.3. The summed E-state index contributed by atoms with van der Waals surface area (Å²) in [6.07, 6.45) is 4.18. The van der Waals surface area contributed by atoms with E-state index in [9.17, 15) is 9.18 Å². The first-order valence-corrected chi connectivity index (χ1v) is 12.4. The molecule has 0 aliphatic carbocycles. The van der Waals surface area contributed by atoms with Crippen molar-refractivity contribution in [2.45, 2.75) is 51.4 Å². The van der Waals surface area contributed by atoms with Crippen LogP contribution in [0.2, 0.25) is 0 Å². The van der Waals surface area contributed by atoms with Crippen molar-refractivity contribution in [3.63, 3.8) is 0 Å². The molecule has 0 spiro atoms. The fraction of sp³-hybridized carbons (Fsp3) is 0.593. The number of nitrogens with zero attached hydrogens (tertiary/aromatic N) is 5. The van der Waals surface area contributed by atoms with E-state index in [4.69, 9.17) is 9.97 Å². The molecule has 6 nitrogen and oxygen atoms in total. The number of carbonyl (C=O) groups excluding carboxylic acids is 1. The Morgan fingerprint density at radius 2 is 1.76 bits per heavy atom. The minimum Gasteiger partial charge on any atom is -0.363 e. The lowest BCUT2D eigenvalue weighted by Gasteiger charge is -2.46. The van der Waals surface area contributed by atoms with Crippen LogP contribution in [0, 0.1) is 18.2 Å². The van der Waals surface area contributed by atoms with Gasteiger partial charge in [-0.2, -0.15) is 0 Å². The van der Waals surface area contributed by atoms with Crippen molar-refractivity contribution in [3.8, 4) is 0 Å².